The number of carbonyl (C=O) groups excluding carboxylic acids is 1. The van der Waals surface area contributed by atoms with E-state index in [1.165, 1.54) is 44.9 Å². The zero-order valence-corrected chi connectivity index (χ0v) is 13.4. The van der Waals surface area contributed by atoms with E-state index < -0.39 is 0 Å². The van der Waals surface area contributed by atoms with Crippen LogP contribution in [0.5, 0.6) is 0 Å². The third-order valence-electron chi connectivity index (χ3n) is 6.13. The smallest absolute Gasteiger partial charge is 0.230 e. The van der Waals surface area contributed by atoms with Crippen molar-refractivity contribution in [3.05, 3.63) is 0 Å². The lowest BCUT2D eigenvalue weighted by atomic mass is 9.78. The Bertz CT molecular complexity index is 328. The van der Waals surface area contributed by atoms with Crippen LogP contribution in [0.2, 0.25) is 0 Å². The van der Waals surface area contributed by atoms with E-state index >= 15 is 0 Å². The molecule has 0 spiro atoms. The van der Waals surface area contributed by atoms with Gasteiger partial charge in [0.15, 0.2) is 0 Å². The van der Waals surface area contributed by atoms with Crippen LogP contribution in [0.15, 0.2) is 0 Å². The van der Waals surface area contributed by atoms with Gasteiger partial charge in [-0.1, -0.05) is 39.5 Å². The van der Waals surface area contributed by atoms with Crippen molar-refractivity contribution in [1.29, 1.82) is 0 Å². The summed E-state index contributed by atoms with van der Waals surface area (Å²) >= 11 is 0. The summed E-state index contributed by atoms with van der Waals surface area (Å²) in [5.41, 5.74) is 6.19. The maximum Gasteiger partial charge on any atom is 0.230 e. The lowest BCUT2D eigenvalue weighted by Crippen LogP contribution is -2.47. The van der Waals surface area contributed by atoms with E-state index in [-0.39, 0.29) is 5.41 Å². The van der Waals surface area contributed by atoms with E-state index in [1.807, 2.05) is 0 Å². The minimum Gasteiger partial charge on any atom is -0.342 e. The van der Waals surface area contributed by atoms with Crippen molar-refractivity contribution in [3.8, 4) is 0 Å². The standard InChI is InChI=1S/C17H32N2O/c1-3-16(4-2)11-12-19(14-16)15(20)17(13-18)9-7-5-6-8-10-17/h3-14,18H2,1-2H3. The zero-order valence-electron chi connectivity index (χ0n) is 13.4. The molecule has 0 bridgehead atoms. The Hall–Kier alpha value is -0.570. The van der Waals surface area contributed by atoms with Gasteiger partial charge in [-0.2, -0.15) is 0 Å². The van der Waals surface area contributed by atoms with E-state index in [2.05, 4.69) is 18.7 Å². The summed E-state index contributed by atoms with van der Waals surface area (Å²) in [6.07, 6.45) is 10.4. The summed E-state index contributed by atoms with van der Waals surface area (Å²) in [5.74, 6) is 0.366. The SMILES string of the molecule is CCC1(CC)CCN(C(=O)C2(CN)CCCCCC2)C1. The van der Waals surface area contributed by atoms with Gasteiger partial charge in [-0.25, -0.2) is 0 Å². The molecule has 1 aliphatic carbocycles. The fourth-order valence-corrected chi connectivity index (χ4v) is 4.18. The highest BCUT2D eigenvalue weighted by atomic mass is 16.2. The van der Waals surface area contributed by atoms with E-state index in [0.717, 1.165) is 25.9 Å². The highest BCUT2D eigenvalue weighted by molar-refractivity contribution is 5.83. The summed E-state index contributed by atoms with van der Waals surface area (Å²) < 4.78 is 0. The molecule has 0 atom stereocenters. The van der Waals surface area contributed by atoms with Crippen molar-refractivity contribution < 1.29 is 4.79 Å². The van der Waals surface area contributed by atoms with Gasteiger partial charge in [0.2, 0.25) is 5.91 Å². The zero-order chi connectivity index (χ0) is 14.6. The molecule has 0 aromatic rings. The second-order valence-electron chi connectivity index (χ2n) is 7.08. The molecule has 0 radical (unpaired) electrons. The van der Waals surface area contributed by atoms with Crippen LogP contribution in [0.4, 0.5) is 0 Å². The summed E-state index contributed by atoms with van der Waals surface area (Å²) in [7, 11) is 0. The number of hydrogen-bond donors (Lipinski definition) is 1. The first-order valence-corrected chi connectivity index (χ1v) is 8.61. The lowest BCUT2D eigenvalue weighted by Gasteiger charge is -2.35. The number of nitrogens with two attached hydrogens (primary N) is 1. The van der Waals surface area contributed by atoms with Crippen molar-refractivity contribution >= 4 is 5.91 Å². The number of hydrogen-bond acceptors (Lipinski definition) is 2. The Morgan fingerprint density at radius 3 is 2.10 bits per heavy atom. The van der Waals surface area contributed by atoms with Crippen LogP contribution in [-0.2, 0) is 4.79 Å². The average molecular weight is 280 g/mol. The number of nitrogens with zero attached hydrogens (tertiary/aromatic N) is 1. The molecule has 1 amide bonds. The number of carbonyl (C=O) groups is 1. The lowest BCUT2D eigenvalue weighted by molar-refractivity contribution is -0.142. The molecule has 0 aromatic carbocycles. The summed E-state index contributed by atoms with van der Waals surface area (Å²) in [6, 6.07) is 0. The molecule has 3 heteroatoms. The monoisotopic (exact) mass is 280 g/mol. The minimum absolute atomic E-state index is 0.242. The van der Waals surface area contributed by atoms with Gasteiger partial charge in [0.05, 0.1) is 5.41 Å². The Morgan fingerprint density at radius 1 is 1.05 bits per heavy atom. The van der Waals surface area contributed by atoms with Crippen LogP contribution in [0.1, 0.15) is 71.6 Å². The molecule has 1 saturated heterocycles. The van der Waals surface area contributed by atoms with E-state index in [4.69, 9.17) is 5.73 Å². The third kappa shape index (κ3) is 2.88. The molecule has 0 unspecified atom stereocenters. The van der Waals surface area contributed by atoms with Gasteiger partial charge in [0, 0.05) is 19.6 Å². The molecular formula is C17H32N2O. The van der Waals surface area contributed by atoms with Crippen molar-refractivity contribution in [1.82, 2.24) is 4.90 Å². The predicted molar refractivity (Wildman–Crippen MR) is 83.4 cm³/mol. The van der Waals surface area contributed by atoms with Crippen molar-refractivity contribution in [3.63, 3.8) is 0 Å². The Balaban J connectivity index is 2.09. The van der Waals surface area contributed by atoms with Gasteiger partial charge < -0.3 is 10.6 Å². The Labute approximate surface area is 124 Å². The molecule has 1 heterocycles. The van der Waals surface area contributed by atoms with Crippen LogP contribution in [0, 0.1) is 10.8 Å². The largest absolute Gasteiger partial charge is 0.342 e. The van der Waals surface area contributed by atoms with E-state index in [1.54, 1.807) is 0 Å². The van der Waals surface area contributed by atoms with Gasteiger partial charge in [-0.3, -0.25) is 4.79 Å². The molecule has 1 aliphatic heterocycles. The van der Waals surface area contributed by atoms with Crippen molar-refractivity contribution in [2.45, 2.75) is 71.6 Å². The third-order valence-corrected chi connectivity index (χ3v) is 6.13. The fourth-order valence-electron chi connectivity index (χ4n) is 4.18. The molecule has 2 N–H and O–H groups in total. The number of likely N-dealkylation sites (tertiary alicyclic amines) is 1. The Kier molecular flexibility index (Phi) is 5.11. The number of amides is 1. The van der Waals surface area contributed by atoms with E-state index in [9.17, 15) is 4.79 Å². The van der Waals surface area contributed by atoms with Crippen molar-refractivity contribution in [2.24, 2.45) is 16.6 Å². The average Bonchev–Trinajstić information content (AvgIpc) is 2.78. The molecule has 20 heavy (non-hydrogen) atoms. The molecule has 3 nitrogen and oxygen atoms in total. The van der Waals surface area contributed by atoms with Crippen LogP contribution in [0.3, 0.4) is 0 Å². The van der Waals surface area contributed by atoms with Gasteiger partial charge in [-0.15, -0.1) is 0 Å². The molecule has 0 aromatic heterocycles. The predicted octanol–water partition coefficient (Wildman–Crippen LogP) is 3.32. The topological polar surface area (TPSA) is 46.3 Å². The van der Waals surface area contributed by atoms with Crippen LogP contribution in [-0.4, -0.2) is 30.4 Å². The van der Waals surface area contributed by atoms with Crippen LogP contribution >= 0.6 is 0 Å². The summed E-state index contributed by atoms with van der Waals surface area (Å²) in [4.78, 5) is 15.2. The fraction of sp³-hybridized carbons (Fsp3) is 0.941. The molecular weight excluding hydrogens is 248 g/mol. The van der Waals surface area contributed by atoms with Gasteiger partial charge in [0.25, 0.3) is 0 Å². The normalized spacial score (nSPS) is 25.4. The van der Waals surface area contributed by atoms with Crippen molar-refractivity contribution in [2.75, 3.05) is 19.6 Å². The molecule has 2 fully saturated rings. The van der Waals surface area contributed by atoms with Gasteiger partial charge in [-0.05, 0) is 37.5 Å². The number of rotatable bonds is 4. The first-order valence-electron chi connectivity index (χ1n) is 8.61. The first kappa shape index (κ1) is 15.8. The molecule has 116 valence electrons. The quantitative estimate of drug-likeness (QED) is 0.803. The van der Waals surface area contributed by atoms with Crippen LogP contribution in [0.25, 0.3) is 0 Å². The second kappa shape index (κ2) is 6.46. The highest BCUT2D eigenvalue weighted by Crippen LogP contribution is 2.41. The second-order valence-corrected chi connectivity index (χ2v) is 7.08. The minimum atomic E-state index is -0.242. The first-order chi connectivity index (χ1) is 9.61. The molecule has 1 saturated carbocycles. The summed E-state index contributed by atoms with van der Waals surface area (Å²) in [6.45, 7) is 6.97. The molecule has 2 aliphatic rings. The van der Waals surface area contributed by atoms with Gasteiger partial charge in [0.1, 0.15) is 0 Å². The summed E-state index contributed by atoms with van der Waals surface area (Å²) in [5, 5.41) is 0. The highest BCUT2D eigenvalue weighted by Gasteiger charge is 2.44. The Morgan fingerprint density at radius 2 is 1.65 bits per heavy atom. The maximum atomic E-state index is 13.1. The van der Waals surface area contributed by atoms with Gasteiger partial charge >= 0.3 is 0 Å². The van der Waals surface area contributed by atoms with E-state index in [0.29, 0.717) is 17.9 Å². The van der Waals surface area contributed by atoms with Crippen LogP contribution < -0.4 is 5.73 Å². The maximum absolute atomic E-state index is 13.1. The molecule has 2 rings (SSSR count).